The number of rotatable bonds is 9. The highest BCUT2D eigenvalue weighted by Crippen LogP contribution is 2.24. The van der Waals surface area contributed by atoms with Crippen LogP contribution in [0, 0.1) is 0 Å². The minimum absolute atomic E-state index is 0.0689. The average molecular weight is 529 g/mol. The highest BCUT2D eigenvalue weighted by molar-refractivity contribution is 7.89. The molecule has 0 unspecified atom stereocenters. The molecule has 10 heteroatoms. The first-order chi connectivity index (χ1) is 17.2. The van der Waals surface area contributed by atoms with Crippen LogP contribution >= 0.6 is 11.6 Å². The van der Waals surface area contributed by atoms with Gasteiger partial charge in [0.2, 0.25) is 21.8 Å². The largest absolute Gasteiger partial charge is 0.341 e. The average Bonchev–Trinajstić information content (AvgIpc) is 3.23. The monoisotopic (exact) mass is 528 g/mol. The molecule has 0 bridgehead atoms. The summed E-state index contributed by atoms with van der Waals surface area (Å²) in [7, 11) is -3.94. The van der Waals surface area contributed by atoms with Crippen LogP contribution in [0.4, 0.5) is 0 Å². The lowest BCUT2D eigenvalue weighted by Crippen LogP contribution is -2.50. The van der Waals surface area contributed by atoms with Crippen molar-refractivity contribution in [2.75, 3.05) is 19.6 Å². The number of likely N-dealkylation sites (tertiary alicyclic amines) is 1. The summed E-state index contributed by atoms with van der Waals surface area (Å²) in [6, 6.07) is 14.0. The third-order valence-corrected chi connectivity index (χ3v) is 8.21. The smallest absolute Gasteiger partial charge is 0.245 e. The first-order valence-corrected chi connectivity index (χ1v) is 13.8. The Balaban J connectivity index is 1.41. The summed E-state index contributed by atoms with van der Waals surface area (Å²) in [5.74, 6) is -0.564. The fourth-order valence-electron chi connectivity index (χ4n) is 4.43. The number of hydrogen-bond acceptors (Lipinski definition) is 5. The Morgan fingerprint density at radius 3 is 2.67 bits per heavy atom. The number of aromatic nitrogens is 1. The number of carbonyl (C=O) groups is 2. The van der Waals surface area contributed by atoms with Gasteiger partial charge in [-0.3, -0.25) is 14.6 Å². The van der Waals surface area contributed by atoms with E-state index in [1.807, 2.05) is 25.1 Å². The lowest BCUT2D eigenvalue weighted by Gasteiger charge is -2.30. The molecule has 2 heterocycles. The summed E-state index contributed by atoms with van der Waals surface area (Å²) in [5.41, 5.74) is 0.889. The maximum atomic E-state index is 13.2. The number of fused-ring (bicyclic) bond motifs is 1. The number of carbonyl (C=O) groups excluding carboxylic acids is 2. The molecule has 36 heavy (non-hydrogen) atoms. The zero-order valence-electron chi connectivity index (χ0n) is 20.2. The Kier molecular flexibility index (Phi) is 7.92. The van der Waals surface area contributed by atoms with Crippen molar-refractivity contribution in [3.05, 3.63) is 71.5 Å². The molecule has 1 saturated heterocycles. The first-order valence-electron chi connectivity index (χ1n) is 11.9. The molecule has 2 atom stereocenters. The van der Waals surface area contributed by atoms with Gasteiger partial charge in [0.25, 0.3) is 0 Å². The fourth-order valence-corrected chi connectivity index (χ4v) is 5.87. The van der Waals surface area contributed by atoms with Crippen LogP contribution in [0.5, 0.6) is 0 Å². The number of amides is 2. The minimum atomic E-state index is -3.94. The minimum Gasteiger partial charge on any atom is -0.341 e. The summed E-state index contributed by atoms with van der Waals surface area (Å²) < 4.78 is 28.6. The van der Waals surface area contributed by atoms with Crippen molar-refractivity contribution >= 4 is 44.2 Å². The van der Waals surface area contributed by atoms with E-state index >= 15 is 0 Å². The second-order valence-electron chi connectivity index (χ2n) is 8.81. The lowest BCUT2D eigenvalue weighted by atomic mass is 10.1. The van der Waals surface area contributed by atoms with Crippen LogP contribution < -0.4 is 4.72 Å². The molecule has 1 aliphatic rings. The summed E-state index contributed by atoms with van der Waals surface area (Å²) in [4.78, 5) is 33.8. The molecule has 190 valence electrons. The predicted octanol–water partition coefficient (Wildman–Crippen LogP) is 3.25. The molecule has 2 aromatic carbocycles. The third-order valence-electron chi connectivity index (χ3n) is 6.50. The number of sulfonamides is 1. The molecular formula is C26H29ClN4O4S. The number of nitrogens with zero attached hydrogens (tertiary/aromatic N) is 3. The Hall–Kier alpha value is -3.01. The zero-order chi connectivity index (χ0) is 25.9. The second-order valence-corrected chi connectivity index (χ2v) is 11.0. The Morgan fingerprint density at radius 2 is 1.94 bits per heavy atom. The van der Waals surface area contributed by atoms with Crippen molar-refractivity contribution in [1.29, 1.82) is 0 Å². The van der Waals surface area contributed by atoms with Crippen molar-refractivity contribution in [1.82, 2.24) is 19.5 Å². The molecule has 3 aromatic rings. The maximum absolute atomic E-state index is 13.2. The molecule has 0 aliphatic carbocycles. The molecule has 0 saturated carbocycles. The van der Waals surface area contributed by atoms with E-state index in [0.717, 1.165) is 16.5 Å². The molecule has 8 nitrogen and oxygen atoms in total. The number of halogens is 1. The van der Waals surface area contributed by atoms with Gasteiger partial charge in [0.1, 0.15) is 12.1 Å². The highest BCUT2D eigenvalue weighted by atomic mass is 35.5. The van der Waals surface area contributed by atoms with E-state index in [0.29, 0.717) is 37.5 Å². The maximum Gasteiger partial charge on any atom is 0.245 e. The second kappa shape index (κ2) is 10.9. The van der Waals surface area contributed by atoms with E-state index in [2.05, 4.69) is 9.71 Å². The third kappa shape index (κ3) is 5.69. The van der Waals surface area contributed by atoms with Crippen LogP contribution in [0.3, 0.4) is 0 Å². The predicted molar refractivity (Wildman–Crippen MR) is 139 cm³/mol. The van der Waals surface area contributed by atoms with Gasteiger partial charge in [-0.15, -0.1) is 0 Å². The quantitative estimate of drug-likeness (QED) is 0.459. The van der Waals surface area contributed by atoms with Crippen molar-refractivity contribution < 1.29 is 18.0 Å². The number of benzene rings is 2. The number of likely N-dealkylation sites (N-methyl/N-ethyl adjacent to an activating group) is 1. The van der Waals surface area contributed by atoms with Gasteiger partial charge in [0, 0.05) is 43.0 Å². The summed E-state index contributed by atoms with van der Waals surface area (Å²) in [6.07, 6.45) is 2.62. The SMILES string of the molecule is CCN(CCc1ccccn1)C(=O)[C@H](C)N1CC[C@H](NS(=O)(=O)c2ccc3cc(Cl)ccc3c2)C1=O. The van der Waals surface area contributed by atoms with E-state index in [4.69, 9.17) is 11.6 Å². The van der Waals surface area contributed by atoms with Crippen LogP contribution in [0.1, 0.15) is 26.0 Å². The fraction of sp³-hybridized carbons (Fsp3) is 0.346. The van der Waals surface area contributed by atoms with E-state index < -0.39 is 28.0 Å². The summed E-state index contributed by atoms with van der Waals surface area (Å²) in [6.45, 7) is 4.87. The van der Waals surface area contributed by atoms with Gasteiger partial charge in [-0.25, -0.2) is 8.42 Å². The lowest BCUT2D eigenvalue weighted by molar-refractivity contribution is -0.143. The van der Waals surface area contributed by atoms with E-state index in [1.54, 1.807) is 48.4 Å². The van der Waals surface area contributed by atoms with Crippen molar-refractivity contribution in [2.24, 2.45) is 0 Å². The van der Waals surface area contributed by atoms with Crippen LogP contribution in [-0.2, 0) is 26.0 Å². The standard InChI is InChI=1S/C26H29ClN4O4S/c1-3-30(14-11-22-6-4-5-13-28-22)25(32)18(2)31-15-12-24(26(31)33)29-36(34,35)23-10-8-19-16-21(27)9-7-20(19)17-23/h4-10,13,16-18,24,29H,3,11-12,14-15H2,1-2H3/t18-,24-/m0/s1. The zero-order valence-corrected chi connectivity index (χ0v) is 21.8. The van der Waals surface area contributed by atoms with Crippen molar-refractivity contribution in [3.8, 4) is 0 Å². The van der Waals surface area contributed by atoms with Gasteiger partial charge in [-0.1, -0.05) is 29.8 Å². The summed E-state index contributed by atoms with van der Waals surface area (Å²) >= 11 is 6.01. The molecule has 1 N–H and O–H groups in total. The van der Waals surface area contributed by atoms with Gasteiger partial charge in [-0.05, 0) is 67.4 Å². The van der Waals surface area contributed by atoms with Crippen molar-refractivity contribution in [3.63, 3.8) is 0 Å². The van der Waals surface area contributed by atoms with Gasteiger partial charge in [0.05, 0.1) is 4.90 Å². The highest BCUT2D eigenvalue weighted by Gasteiger charge is 2.39. The normalized spacial score (nSPS) is 16.9. The van der Waals surface area contributed by atoms with Gasteiger partial charge >= 0.3 is 0 Å². The van der Waals surface area contributed by atoms with E-state index in [1.165, 1.54) is 11.0 Å². The van der Waals surface area contributed by atoms with Gasteiger partial charge < -0.3 is 9.80 Å². The van der Waals surface area contributed by atoms with Gasteiger partial charge in [0.15, 0.2) is 0 Å². The molecule has 1 aliphatic heterocycles. The number of pyridine rings is 1. The Labute approximate surface area is 216 Å². The molecule has 2 amide bonds. The molecular weight excluding hydrogens is 500 g/mol. The molecule has 0 radical (unpaired) electrons. The molecule has 0 spiro atoms. The van der Waals surface area contributed by atoms with E-state index in [9.17, 15) is 18.0 Å². The Bertz CT molecular complexity index is 1370. The van der Waals surface area contributed by atoms with Crippen molar-refractivity contribution in [2.45, 2.75) is 43.7 Å². The molecule has 1 fully saturated rings. The van der Waals surface area contributed by atoms with Crippen LogP contribution in [0.15, 0.2) is 65.7 Å². The molecule has 4 rings (SSSR count). The summed E-state index contributed by atoms with van der Waals surface area (Å²) in [5, 5.41) is 2.11. The Morgan fingerprint density at radius 1 is 1.19 bits per heavy atom. The first kappa shape index (κ1) is 26.1. The van der Waals surface area contributed by atoms with E-state index in [-0.39, 0.29) is 10.8 Å². The topological polar surface area (TPSA) is 99.7 Å². The molecule has 1 aromatic heterocycles. The van der Waals surface area contributed by atoms with Crippen LogP contribution in [0.2, 0.25) is 5.02 Å². The van der Waals surface area contributed by atoms with Crippen LogP contribution in [0.25, 0.3) is 10.8 Å². The number of hydrogen-bond donors (Lipinski definition) is 1. The number of nitrogens with one attached hydrogen (secondary N) is 1. The van der Waals surface area contributed by atoms with Gasteiger partial charge in [-0.2, -0.15) is 4.72 Å². The van der Waals surface area contributed by atoms with Crippen LogP contribution in [-0.4, -0.2) is 66.7 Å².